The lowest BCUT2D eigenvalue weighted by Gasteiger charge is -2.23. The van der Waals surface area contributed by atoms with Gasteiger partial charge in [-0.2, -0.15) is 13.2 Å². The summed E-state index contributed by atoms with van der Waals surface area (Å²) in [6.07, 6.45) is -4.59. The smallest absolute Gasteiger partial charge is 0.405 e. The Morgan fingerprint density at radius 3 is 2.38 bits per heavy atom. The summed E-state index contributed by atoms with van der Waals surface area (Å²) in [4.78, 5) is 35.5. The summed E-state index contributed by atoms with van der Waals surface area (Å²) in [7, 11) is 0. The van der Waals surface area contributed by atoms with Crippen LogP contribution in [0, 0.1) is 10.1 Å². The number of non-ortho nitro benzene ring substituents is 1. The van der Waals surface area contributed by atoms with Gasteiger partial charge in [0.25, 0.3) is 11.6 Å². The van der Waals surface area contributed by atoms with Crippen molar-refractivity contribution < 1.29 is 32.4 Å². The number of amides is 1. The molecular formula is C15H18F3N3O5. The highest BCUT2D eigenvalue weighted by Gasteiger charge is 2.28. The van der Waals surface area contributed by atoms with E-state index in [4.69, 9.17) is 4.74 Å². The Bertz CT molecular complexity index is 675. The summed E-state index contributed by atoms with van der Waals surface area (Å²) in [5, 5.41) is 12.5. The van der Waals surface area contributed by atoms with Gasteiger partial charge in [0.2, 0.25) is 0 Å². The molecule has 0 fully saturated rings. The SMILES string of the molecule is CCN(CC)c1ccc([N+](=O)[O-])cc1C(=O)OCC(=O)NCC(F)(F)F. The van der Waals surface area contributed by atoms with Crippen LogP contribution in [0.3, 0.4) is 0 Å². The third-order valence-corrected chi connectivity index (χ3v) is 3.34. The second-order valence-corrected chi connectivity index (χ2v) is 5.10. The summed E-state index contributed by atoms with van der Waals surface area (Å²) >= 11 is 0. The molecule has 0 aliphatic heterocycles. The molecule has 11 heteroatoms. The molecule has 0 aromatic heterocycles. The summed E-state index contributed by atoms with van der Waals surface area (Å²) in [6, 6.07) is 3.61. The second-order valence-electron chi connectivity index (χ2n) is 5.10. The summed E-state index contributed by atoms with van der Waals surface area (Å²) in [6.45, 7) is 2.14. The van der Waals surface area contributed by atoms with Crippen LogP contribution >= 0.6 is 0 Å². The number of carbonyl (C=O) groups is 2. The van der Waals surface area contributed by atoms with Gasteiger partial charge in [0.15, 0.2) is 6.61 Å². The van der Waals surface area contributed by atoms with Crippen molar-refractivity contribution in [1.29, 1.82) is 0 Å². The van der Waals surface area contributed by atoms with E-state index < -0.39 is 36.1 Å². The van der Waals surface area contributed by atoms with Gasteiger partial charge < -0.3 is 15.0 Å². The van der Waals surface area contributed by atoms with Crippen LogP contribution in [0.15, 0.2) is 18.2 Å². The molecule has 8 nitrogen and oxygen atoms in total. The first-order valence-electron chi connectivity index (χ1n) is 7.63. The van der Waals surface area contributed by atoms with E-state index in [9.17, 15) is 32.9 Å². The molecule has 1 rings (SSSR count). The van der Waals surface area contributed by atoms with Crippen LogP contribution in [0.2, 0.25) is 0 Å². The van der Waals surface area contributed by atoms with Crippen molar-refractivity contribution in [1.82, 2.24) is 5.32 Å². The number of esters is 1. The van der Waals surface area contributed by atoms with Gasteiger partial charge in [-0.15, -0.1) is 0 Å². The second kappa shape index (κ2) is 9.02. The van der Waals surface area contributed by atoms with Crippen molar-refractivity contribution >= 4 is 23.3 Å². The van der Waals surface area contributed by atoms with Crippen LogP contribution in [0.5, 0.6) is 0 Å². The van der Waals surface area contributed by atoms with Gasteiger partial charge in [0.05, 0.1) is 16.2 Å². The predicted octanol–water partition coefficient (Wildman–Crippen LogP) is 2.28. The molecule has 0 aliphatic carbocycles. The van der Waals surface area contributed by atoms with Gasteiger partial charge >= 0.3 is 12.1 Å². The van der Waals surface area contributed by atoms with Crippen LogP contribution in [-0.2, 0) is 9.53 Å². The van der Waals surface area contributed by atoms with Crippen molar-refractivity contribution in [2.45, 2.75) is 20.0 Å². The van der Waals surface area contributed by atoms with Crippen LogP contribution < -0.4 is 10.2 Å². The van der Waals surface area contributed by atoms with E-state index in [0.717, 1.165) is 6.07 Å². The third kappa shape index (κ3) is 6.22. The zero-order valence-corrected chi connectivity index (χ0v) is 14.1. The van der Waals surface area contributed by atoms with E-state index in [1.165, 1.54) is 12.1 Å². The molecule has 0 unspecified atom stereocenters. The molecule has 144 valence electrons. The molecule has 0 saturated heterocycles. The van der Waals surface area contributed by atoms with Crippen molar-refractivity contribution in [2.24, 2.45) is 0 Å². The summed E-state index contributed by atoms with van der Waals surface area (Å²) < 4.78 is 40.8. The first-order valence-corrected chi connectivity index (χ1v) is 7.63. The number of nitrogens with zero attached hydrogens (tertiary/aromatic N) is 2. The molecule has 1 amide bonds. The normalized spacial score (nSPS) is 11.0. The van der Waals surface area contributed by atoms with E-state index in [1.54, 1.807) is 10.2 Å². The Hall–Kier alpha value is -2.85. The topological polar surface area (TPSA) is 102 Å². The van der Waals surface area contributed by atoms with Gasteiger partial charge in [0, 0.05) is 25.2 Å². The number of nitro benzene ring substituents is 1. The first-order chi connectivity index (χ1) is 12.1. The lowest BCUT2D eigenvalue weighted by molar-refractivity contribution is -0.384. The number of carbonyl (C=O) groups excluding carboxylic acids is 2. The Morgan fingerprint density at radius 2 is 1.88 bits per heavy atom. The highest BCUT2D eigenvalue weighted by atomic mass is 19.4. The number of ether oxygens (including phenoxy) is 1. The standard InChI is InChI=1S/C15H18F3N3O5/c1-3-20(4-2)12-6-5-10(21(24)25)7-11(12)14(23)26-8-13(22)19-9-15(16,17)18/h5-7H,3-4,8-9H2,1-2H3,(H,19,22). The molecule has 0 heterocycles. The Labute approximate surface area is 147 Å². The number of halogens is 3. The van der Waals surface area contributed by atoms with Gasteiger partial charge in [0.1, 0.15) is 6.54 Å². The number of hydrogen-bond acceptors (Lipinski definition) is 6. The Balaban J connectivity index is 2.93. The van der Waals surface area contributed by atoms with E-state index in [1.807, 2.05) is 13.8 Å². The van der Waals surface area contributed by atoms with Crippen LogP contribution in [-0.4, -0.2) is 49.2 Å². The number of alkyl halides is 3. The summed E-state index contributed by atoms with van der Waals surface area (Å²) in [5.41, 5.74) is -0.137. The van der Waals surface area contributed by atoms with E-state index >= 15 is 0 Å². The molecule has 26 heavy (non-hydrogen) atoms. The minimum absolute atomic E-state index is 0.147. The number of hydrogen-bond donors (Lipinski definition) is 1. The highest BCUT2D eigenvalue weighted by molar-refractivity contribution is 5.97. The number of nitrogens with one attached hydrogen (secondary N) is 1. The monoisotopic (exact) mass is 377 g/mol. The quantitative estimate of drug-likeness (QED) is 0.424. The van der Waals surface area contributed by atoms with E-state index in [2.05, 4.69) is 0 Å². The first kappa shape index (κ1) is 21.2. The average Bonchev–Trinajstić information content (AvgIpc) is 2.58. The molecule has 0 atom stereocenters. The molecule has 0 bridgehead atoms. The molecule has 0 aliphatic rings. The fourth-order valence-corrected chi connectivity index (χ4v) is 2.10. The van der Waals surface area contributed by atoms with Crippen molar-refractivity contribution in [3.63, 3.8) is 0 Å². The van der Waals surface area contributed by atoms with Crippen molar-refractivity contribution in [3.05, 3.63) is 33.9 Å². The Kier molecular flexibility index (Phi) is 7.35. The average molecular weight is 377 g/mol. The fourth-order valence-electron chi connectivity index (χ4n) is 2.10. The molecule has 1 aromatic rings. The zero-order valence-electron chi connectivity index (χ0n) is 14.1. The lowest BCUT2D eigenvalue weighted by atomic mass is 10.1. The summed E-state index contributed by atoms with van der Waals surface area (Å²) in [5.74, 6) is -2.18. The Morgan fingerprint density at radius 1 is 1.27 bits per heavy atom. The lowest BCUT2D eigenvalue weighted by Crippen LogP contribution is -2.36. The molecule has 0 saturated carbocycles. The highest BCUT2D eigenvalue weighted by Crippen LogP contribution is 2.26. The van der Waals surface area contributed by atoms with E-state index in [0.29, 0.717) is 18.8 Å². The molecule has 1 aromatic carbocycles. The largest absolute Gasteiger partial charge is 0.452 e. The molecule has 0 radical (unpaired) electrons. The molecule has 1 N–H and O–H groups in total. The van der Waals surface area contributed by atoms with Crippen molar-refractivity contribution in [2.75, 3.05) is 31.1 Å². The predicted molar refractivity (Wildman–Crippen MR) is 86.0 cm³/mol. The number of rotatable bonds is 8. The molecular weight excluding hydrogens is 359 g/mol. The third-order valence-electron chi connectivity index (χ3n) is 3.34. The number of anilines is 1. The van der Waals surface area contributed by atoms with Crippen LogP contribution in [0.25, 0.3) is 0 Å². The van der Waals surface area contributed by atoms with Gasteiger partial charge in [-0.1, -0.05) is 0 Å². The van der Waals surface area contributed by atoms with Gasteiger partial charge in [-0.25, -0.2) is 4.79 Å². The minimum Gasteiger partial charge on any atom is -0.452 e. The minimum atomic E-state index is -4.59. The maximum atomic E-state index is 12.2. The van der Waals surface area contributed by atoms with Gasteiger partial charge in [-0.05, 0) is 19.9 Å². The number of benzene rings is 1. The molecule has 0 spiro atoms. The fraction of sp³-hybridized carbons (Fsp3) is 0.467. The van der Waals surface area contributed by atoms with E-state index in [-0.39, 0.29) is 11.3 Å². The van der Waals surface area contributed by atoms with Gasteiger partial charge in [-0.3, -0.25) is 14.9 Å². The number of nitro groups is 1. The zero-order chi connectivity index (χ0) is 19.9. The maximum Gasteiger partial charge on any atom is 0.405 e. The maximum absolute atomic E-state index is 12.2. The van der Waals surface area contributed by atoms with Crippen LogP contribution in [0.1, 0.15) is 24.2 Å². The van der Waals surface area contributed by atoms with Crippen molar-refractivity contribution in [3.8, 4) is 0 Å². The van der Waals surface area contributed by atoms with Crippen LogP contribution in [0.4, 0.5) is 24.5 Å².